The molecule has 0 aliphatic heterocycles. The summed E-state index contributed by atoms with van der Waals surface area (Å²) in [6.45, 7) is 2.58. The van der Waals surface area contributed by atoms with Crippen LogP contribution in [0.5, 0.6) is 0 Å². The van der Waals surface area contributed by atoms with E-state index in [9.17, 15) is 9.59 Å². The largest absolute Gasteiger partial charge is 0.463 e. The van der Waals surface area contributed by atoms with Gasteiger partial charge < -0.3 is 9.73 Å². The van der Waals surface area contributed by atoms with E-state index in [4.69, 9.17) is 4.42 Å². The Morgan fingerprint density at radius 2 is 2.29 bits per heavy atom. The Morgan fingerprint density at radius 3 is 3.00 bits per heavy atom. The van der Waals surface area contributed by atoms with Crippen molar-refractivity contribution in [1.82, 2.24) is 25.1 Å². The lowest BCUT2D eigenvalue weighted by Crippen LogP contribution is -2.31. The Labute approximate surface area is 137 Å². The number of aromatic amines is 1. The summed E-state index contributed by atoms with van der Waals surface area (Å²) in [6, 6.07) is 6.64. The van der Waals surface area contributed by atoms with Crippen LogP contribution in [0.15, 0.2) is 46.1 Å². The molecular formula is C16H17N5O3. The number of carbonyl (C=O) groups is 1. The molecule has 124 valence electrons. The van der Waals surface area contributed by atoms with E-state index < -0.39 is 0 Å². The van der Waals surface area contributed by atoms with E-state index >= 15 is 0 Å². The number of furan rings is 1. The fourth-order valence-electron chi connectivity index (χ4n) is 2.20. The van der Waals surface area contributed by atoms with E-state index in [-0.39, 0.29) is 17.2 Å². The molecule has 3 aromatic rings. The molecule has 0 aromatic carbocycles. The highest BCUT2D eigenvalue weighted by atomic mass is 16.3. The number of rotatable bonds is 6. The summed E-state index contributed by atoms with van der Waals surface area (Å²) in [5, 5.41) is 9.43. The number of H-pyrrole nitrogens is 1. The van der Waals surface area contributed by atoms with Gasteiger partial charge in [-0.25, -0.2) is 4.98 Å². The SMILES string of the molecule is CCc1cc(=O)n(CCNC(=O)c2cc(-c3ccco3)[nH]n2)cn1. The van der Waals surface area contributed by atoms with E-state index in [0.717, 1.165) is 5.69 Å². The molecule has 0 aliphatic rings. The minimum Gasteiger partial charge on any atom is -0.463 e. The second-order valence-electron chi connectivity index (χ2n) is 5.17. The molecule has 0 radical (unpaired) electrons. The van der Waals surface area contributed by atoms with Gasteiger partial charge in [0.2, 0.25) is 0 Å². The second kappa shape index (κ2) is 6.95. The molecule has 0 aliphatic carbocycles. The Kier molecular flexibility index (Phi) is 4.55. The van der Waals surface area contributed by atoms with Crippen LogP contribution in [0.25, 0.3) is 11.5 Å². The first-order valence-electron chi connectivity index (χ1n) is 7.60. The molecule has 0 fully saturated rings. The molecule has 0 spiro atoms. The number of amides is 1. The van der Waals surface area contributed by atoms with Gasteiger partial charge in [0.15, 0.2) is 11.5 Å². The Hall–Kier alpha value is -3.16. The van der Waals surface area contributed by atoms with Gasteiger partial charge in [-0.1, -0.05) is 6.92 Å². The molecule has 8 nitrogen and oxygen atoms in total. The van der Waals surface area contributed by atoms with Crippen LogP contribution in [0.3, 0.4) is 0 Å². The molecule has 0 atom stereocenters. The van der Waals surface area contributed by atoms with E-state index in [2.05, 4.69) is 20.5 Å². The maximum absolute atomic E-state index is 12.1. The van der Waals surface area contributed by atoms with E-state index in [1.807, 2.05) is 6.92 Å². The van der Waals surface area contributed by atoms with Crippen molar-refractivity contribution in [2.45, 2.75) is 19.9 Å². The summed E-state index contributed by atoms with van der Waals surface area (Å²) in [5.41, 5.74) is 1.51. The molecule has 2 N–H and O–H groups in total. The quantitative estimate of drug-likeness (QED) is 0.708. The molecule has 24 heavy (non-hydrogen) atoms. The third kappa shape index (κ3) is 3.43. The van der Waals surface area contributed by atoms with Crippen LogP contribution < -0.4 is 10.9 Å². The first-order valence-corrected chi connectivity index (χ1v) is 7.60. The van der Waals surface area contributed by atoms with Gasteiger partial charge in [-0.05, 0) is 18.6 Å². The zero-order chi connectivity index (χ0) is 16.9. The van der Waals surface area contributed by atoms with Gasteiger partial charge in [0.1, 0.15) is 5.69 Å². The predicted molar refractivity (Wildman–Crippen MR) is 86.5 cm³/mol. The molecule has 0 saturated heterocycles. The highest BCUT2D eigenvalue weighted by Gasteiger charge is 2.12. The van der Waals surface area contributed by atoms with Crippen molar-refractivity contribution in [3.05, 3.63) is 58.6 Å². The monoisotopic (exact) mass is 327 g/mol. The smallest absolute Gasteiger partial charge is 0.271 e. The zero-order valence-corrected chi connectivity index (χ0v) is 13.2. The average molecular weight is 327 g/mol. The summed E-state index contributed by atoms with van der Waals surface area (Å²) >= 11 is 0. The summed E-state index contributed by atoms with van der Waals surface area (Å²) in [4.78, 5) is 28.1. The molecule has 0 unspecified atom stereocenters. The highest BCUT2D eigenvalue weighted by molar-refractivity contribution is 5.93. The van der Waals surface area contributed by atoms with Crippen molar-refractivity contribution < 1.29 is 9.21 Å². The fraction of sp³-hybridized carbons (Fsp3) is 0.250. The summed E-state index contributed by atoms with van der Waals surface area (Å²) in [6.07, 6.45) is 3.76. The van der Waals surface area contributed by atoms with Crippen molar-refractivity contribution in [3.8, 4) is 11.5 Å². The number of nitrogens with zero attached hydrogens (tertiary/aromatic N) is 3. The Bertz CT molecular complexity index is 879. The summed E-state index contributed by atoms with van der Waals surface area (Å²) in [5.74, 6) is 0.283. The maximum atomic E-state index is 12.1. The number of carbonyl (C=O) groups excluding carboxylic acids is 1. The summed E-state index contributed by atoms with van der Waals surface area (Å²) < 4.78 is 6.69. The molecule has 3 aromatic heterocycles. The Morgan fingerprint density at radius 1 is 1.42 bits per heavy atom. The van der Waals surface area contributed by atoms with Gasteiger partial charge in [0.25, 0.3) is 11.5 Å². The topological polar surface area (TPSA) is 106 Å². The van der Waals surface area contributed by atoms with Gasteiger partial charge in [0, 0.05) is 30.9 Å². The minimum atomic E-state index is -0.324. The first-order chi connectivity index (χ1) is 11.7. The van der Waals surface area contributed by atoms with Gasteiger partial charge in [0.05, 0.1) is 12.6 Å². The van der Waals surface area contributed by atoms with E-state index in [1.54, 1.807) is 24.5 Å². The third-order valence-electron chi connectivity index (χ3n) is 3.53. The number of aryl methyl sites for hydroxylation is 1. The lowest BCUT2D eigenvalue weighted by molar-refractivity contribution is 0.0947. The standard InChI is InChI=1S/C16H17N5O3/c1-2-11-8-15(22)21(10-18-11)6-5-17-16(23)13-9-12(19-20-13)14-4-3-7-24-14/h3-4,7-10H,2,5-6H2,1H3,(H,17,23)(H,19,20). The van der Waals surface area contributed by atoms with Crippen LogP contribution >= 0.6 is 0 Å². The van der Waals surface area contributed by atoms with Crippen molar-refractivity contribution >= 4 is 5.91 Å². The Balaban J connectivity index is 1.57. The lowest BCUT2D eigenvalue weighted by atomic mass is 10.3. The van der Waals surface area contributed by atoms with Crippen LogP contribution in [-0.2, 0) is 13.0 Å². The number of hydrogen-bond acceptors (Lipinski definition) is 5. The van der Waals surface area contributed by atoms with E-state index in [1.165, 1.54) is 17.0 Å². The molecular weight excluding hydrogens is 310 g/mol. The van der Waals surface area contributed by atoms with Crippen molar-refractivity contribution in [1.29, 1.82) is 0 Å². The number of aromatic nitrogens is 4. The van der Waals surface area contributed by atoms with Crippen LogP contribution in [0.2, 0.25) is 0 Å². The molecule has 1 amide bonds. The van der Waals surface area contributed by atoms with E-state index in [0.29, 0.717) is 31.0 Å². The van der Waals surface area contributed by atoms with Gasteiger partial charge in [-0.2, -0.15) is 5.10 Å². The van der Waals surface area contributed by atoms with Crippen LogP contribution in [-0.4, -0.2) is 32.2 Å². The third-order valence-corrected chi connectivity index (χ3v) is 3.53. The highest BCUT2D eigenvalue weighted by Crippen LogP contribution is 2.17. The summed E-state index contributed by atoms with van der Waals surface area (Å²) in [7, 11) is 0. The first kappa shape index (κ1) is 15.7. The van der Waals surface area contributed by atoms with Gasteiger partial charge in [-0.3, -0.25) is 19.3 Å². The van der Waals surface area contributed by atoms with Gasteiger partial charge in [-0.15, -0.1) is 0 Å². The number of nitrogens with one attached hydrogen (secondary N) is 2. The lowest BCUT2D eigenvalue weighted by Gasteiger charge is -2.06. The van der Waals surface area contributed by atoms with Crippen LogP contribution in [0.4, 0.5) is 0 Å². The number of hydrogen-bond donors (Lipinski definition) is 2. The van der Waals surface area contributed by atoms with Crippen LogP contribution in [0.1, 0.15) is 23.1 Å². The normalized spacial score (nSPS) is 10.7. The van der Waals surface area contributed by atoms with Crippen molar-refractivity contribution in [2.24, 2.45) is 0 Å². The zero-order valence-electron chi connectivity index (χ0n) is 13.2. The fourth-order valence-corrected chi connectivity index (χ4v) is 2.20. The van der Waals surface area contributed by atoms with Crippen LogP contribution in [0, 0.1) is 0 Å². The van der Waals surface area contributed by atoms with Crippen molar-refractivity contribution in [2.75, 3.05) is 6.54 Å². The maximum Gasteiger partial charge on any atom is 0.271 e. The molecule has 3 rings (SSSR count). The molecule has 8 heteroatoms. The molecule has 0 saturated carbocycles. The predicted octanol–water partition coefficient (Wildman–Crippen LogP) is 1.22. The molecule has 3 heterocycles. The van der Waals surface area contributed by atoms with Gasteiger partial charge >= 0.3 is 0 Å². The molecule has 0 bridgehead atoms. The van der Waals surface area contributed by atoms with Crippen molar-refractivity contribution in [3.63, 3.8) is 0 Å². The minimum absolute atomic E-state index is 0.129. The second-order valence-corrected chi connectivity index (χ2v) is 5.17. The average Bonchev–Trinajstić information content (AvgIpc) is 3.27.